The van der Waals surface area contributed by atoms with Gasteiger partial charge < -0.3 is 10.6 Å². The maximum atomic E-state index is 14.3. The normalized spacial score (nSPS) is 20.0. The SMILES string of the molecule is CC(=O)c1c(C2C[C@H]3CC[C@H](C2)N3C(=O)c2ncn[nH]2)nc2c(-c3ccc(-c4ccccc4F)nc3)cnn2c1N. The van der Waals surface area contributed by atoms with Gasteiger partial charge >= 0.3 is 0 Å². The largest absolute Gasteiger partial charge is 0.383 e. The lowest BCUT2D eigenvalue weighted by Crippen LogP contribution is -2.46. The average Bonchev–Trinajstić information content (AvgIpc) is 3.71. The quantitative estimate of drug-likeness (QED) is 0.311. The van der Waals surface area contributed by atoms with Gasteiger partial charge in [0.1, 0.15) is 18.0 Å². The third kappa shape index (κ3) is 4.05. The van der Waals surface area contributed by atoms with Crippen molar-refractivity contribution in [3.63, 3.8) is 0 Å². The van der Waals surface area contributed by atoms with Crippen LogP contribution < -0.4 is 5.73 Å². The molecule has 206 valence electrons. The van der Waals surface area contributed by atoms with Crippen molar-refractivity contribution in [3.05, 3.63) is 78.0 Å². The van der Waals surface area contributed by atoms with Crippen LogP contribution in [0.4, 0.5) is 10.2 Å². The van der Waals surface area contributed by atoms with Gasteiger partial charge in [0.25, 0.3) is 5.91 Å². The summed E-state index contributed by atoms with van der Waals surface area (Å²) in [4.78, 5) is 41.4. The Hall–Kier alpha value is -5.00. The summed E-state index contributed by atoms with van der Waals surface area (Å²) in [5.41, 5.74) is 10.4. The molecule has 3 N–H and O–H groups in total. The number of aromatic nitrogens is 7. The van der Waals surface area contributed by atoms with Gasteiger partial charge in [-0.1, -0.05) is 18.2 Å². The number of ketones is 1. The number of H-pyrrole nitrogens is 1. The molecule has 1 amide bonds. The van der Waals surface area contributed by atoms with Crippen molar-refractivity contribution in [1.82, 2.24) is 39.7 Å². The zero-order chi connectivity index (χ0) is 28.2. The van der Waals surface area contributed by atoms with Gasteiger partial charge in [-0.25, -0.2) is 14.4 Å². The first-order chi connectivity index (χ1) is 19.9. The number of nitrogens with one attached hydrogen (secondary N) is 1. The van der Waals surface area contributed by atoms with Gasteiger partial charge in [0.15, 0.2) is 11.4 Å². The van der Waals surface area contributed by atoms with Crippen molar-refractivity contribution in [2.45, 2.75) is 50.6 Å². The molecule has 4 aromatic heterocycles. The molecule has 0 aliphatic carbocycles. The van der Waals surface area contributed by atoms with E-state index in [4.69, 9.17) is 10.7 Å². The van der Waals surface area contributed by atoms with Gasteiger partial charge in [-0.05, 0) is 50.8 Å². The minimum absolute atomic E-state index is 0.00471. The van der Waals surface area contributed by atoms with E-state index in [0.717, 1.165) is 18.4 Å². The van der Waals surface area contributed by atoms with Crippen LogP contribution in [-0.4, -0.2) is 63.4 Å². The average molecular weight is 552 g/mol. The Kier molecular flexibility index (Phi) is 5.84. The van der Waals surface area contributed by atoms with E-state index in [1.54, 1.807) is 36.7 Å². The molecule has 41 heavy (non-hydrogen) atoms. The van der Waals surface area contributed by atoms with Crippen LogP contribution in [0.15, 0.2) is 55.1 Å². The first-order valence-electron chi connectivity index (χ1n) is 13.5. The molecule has 12 heteroatoms. The second kappa shape index (κ2) is 9.58. The van der Waals surface area contributed by atoms with Crippen molar-refractivity contribution in [2.75, 3.05) is 5.73 Å². The number of nitrogen functional groups attached to an aromatic ring is 1. The Morgan fingerprint density at radius 3 is 2.46 bits per heavy atom. The molecule has 0 radical (unpaired) electrons. The number of benzene rings is 1. The van der Waals surface area contributed by atoms with Gasteiger partial charge in [-0.3, -0.25) is 19.7 Å². The van der Waals surface area contributed by atoms with E-state index in [2.05, 4.69) is 25.3 Å². The Bertz CT molecular complexity index is 1790. The fraction of sp³-hybridized carbons (Fsp3) is 0.276. The molecular weight excluding hydrogens is 525 g/mol. The number of aromatic amines is 1. The number of piperidine rings is 1. The van der Waals surface area contributed by atoms with E-state index in [-0.39, 0.29) is 47.2 Å². The summed E-state index contributed by atoms with van der Waals surface area (Å²) >= 11 is 0. The summed E-state index contributed by atoms with van der Waals surface area (Å²) in [6.45, 7) is 1.48. The topological polar surface area (TPSA) is 148 Å². The summed E-state index contributed by atoms with van der Waals surface area (Å²) in [5.74, 6) is -0.303. The number of halogens is 1. The molecule has 5 aromatic rings. The Morgan fingerprint density at radius 2 is 1.80 bits per heavy atom. The summed E-state index contributed by atoms with van der Waals surface area (Å²) in [6, 6.07) is 10.1. The molecule has 2 saturated heterocycles. The van der Waals surface area contributed by atoms with Crippen LogP contribution in [0.1, 0.15) is 65.2 Å². The molecule has 2 aliphatic heterocycles. The van der Waals surface area contributed by atoms with E-state index in [1.807, 2.05) is 11.0 Å². The van der Waals surface area contributed by atoms with Gasteiger partial charge in [0, 0.05) is 40.9 Å². The van der Waals surface area contributed by atoms with Crippen LogP contribution in [0.2, 0.25) is 0 Å². The monoisotopic (exact) mass is 551 g/mol. The number of Topliss-reactive ketones (excluding diaryl/α,β-unsaturated/α-hetero) is 1. The fourth-order valence-electron chi connectivity index (χ4n) is 6.44. The highest BCUT2D eigenvalue weighted by Crippen LogP contribution is 2.45. The molecule has 2 atom stereocenters. The van der Waals surface area contributed by atoms with E-state index >= 15 is 0 Å². The lowest BCUT2D eigenvalue weighted by atomic mass is 9.85. The molecule has 2 fully saturated rings. The number of fused-ring (bicyclic) bond motifs is 3. The van der Waals surface area contributed by atoms with Crippen molar-refractivity contribution in [3.8, 4) is 22.4 Å². The summed E-state index contributed by atoms with van der Waals surface area (Å²) in [5, 5.41) is 10.9. The van der Waals surface area contributed by atoms with Crippen LogP contribution in [0.5, 0.6) is 0 Å². The predicted octanol–water partition coefficient (Wildman–Crippen LogP) is 4.05. The number of rotatable bonds is 5. The minimum Gasteiger partial charge on any atom is -0.383 e. The van der Waals surface area contributed by atoms with Gasteiger partial charge in [0.05, 0.1) is 23.1 Å². The number of hydrogen-bond acceptors (Lipinski definition) is 8. The third-order valence-corrected chi connectivity index (χ3v) is 8.26. The molecular formula is C29H26FN9O2. The Morgan fingerprint density at radius 1 is 1.02 bits per heavy atom. The van der Waals surface area contributed by atoms with Gasteiger partial charge in [-0.15, -0.1) is 0 Å². The molecule has 0 saturated carbocycles. The molecule has 0 unspecified atom stereocenters. The maximum absolute atomic E-state index is 14.3. The van der Waals surface area contributed by atoms with E-state index < -0.39 is 0 Å². The molecule has 0 spiro atoms. The number of carbonyl (C=O) groups excluding carboxylic acids is 2. The van der Waals surface area contributed by atoms with Crippen LogP contribution in [0.3, 0.4) is 0 Å². The molecule has 11 nitrogen and oxygen atoms in total. The number of amides is 1. The lowest BCUT2D eigenvalue weighted by Gasteiger charge is -2.38. The van der Waals surface area contributed by atoms with Gasteiger partial charge in [0.2, 0.25) is 5.82 Å². The Labute approximate surface area is 233 Å². The maximum Gasteiger partial charge on any atom is 0.291 e. The lowest BCUT2D eigenvalue weighted by molar-refractivity contribution is 0.0556. The van der Waals surface area contributed by atoms with Gasteiger partial charge in [-0.2, -0.15) is 14.7 Å². The number of pyridine rings is 1. The summed E-state index contributed by atoms with van der Waals surface area (Å²) < 4.78 is 15.8. The van der Waals surface area contributed by atoms with E-state index in [0.29, 0.717) is 46.6 Å². The fourth-order valence-corrected chi connectivity index (χ4v) is 6.44. The standard InChI is InChI=1S/C29H26FN9O2/c1-15(40)24-25(17-10-18-7-8-19(11-17)38(18)29(41)27-33-14-34-37-27)36-28-21(13-35-39(28)26(24)31)16-6-9-23(32-12-16)20-4-2-3-5-22(20)30/h2-6,9,12-14,17-19H,7-8,10-11,31H2,1H3,(H,33,34,37)/t18-,19-/m1/s1. The number of nitrogens with zero attached hydrogens (tertiary/aromatic N) is 7. The smallest absolute Gasteiger partial charge is 0.291 e. The van der Waals surface area contributed by atoms with E-state index in [1.165, 1.54) is 23.8 Å². The second-order valence-corrected chi connectivity index (χ2v) is 10.6. The molecule has 1 aromatic carbocycles. The van der Waals surface area contributed by atoms with E-state index in [9.17, 15) is 14.0 Å². The third-order valence-electron chi connectivity index (χ3n) is 8.26. The van der Waals surface area contributed by atoms with Crippen LogP contribution >= 0.6 is 0 Å². The summed E-state index contributed by atoms with van der Waals surface area (Å²) in [7, 11) is 0. The molecule has 6 heterocycles. The van der Waals surface area contributed by atoms with Crippen molar-refractivity contribution >= 4 is 23.2 Å². The van der Waals surface area contributed by atoms with Crippen LogP contribution in [0.25, 0.3) is 28.0 Å². The zero-order valence-electron chi connectivity index (χ0n) is 22.2. The predicted molar refractivity (Wildman–Crippen MR) is 147 cm³/mol. The molecule has 2 bridgehead atoms. The Balaban J connectivity index is 1.26. The number of hydrogen-bond donors (Lipinski definition) is 2. The first-order valence-corrected chi connectivity index (χ1v) is 13.5. The second-order valence-electron chi connectivity index (χ2n) is 10.6. The van der Waals surface area contributed by atoms with Crippen molar-refractivity contribution < 1.29 is 14.0 Å². The molecule has 2 aliphatic rings. The number of nitrogens with two attached hydrogens (primary N) is 1. The highest BCUT2D eigenvalue weighted by molar-refractivity contribution is 6.00. The zero-order valence-corrected chi connectivity index (χ0v) is 22.2. The summed E-state index contributed by atoms with van der Waals surface area (Å²) in [6.07, 6.45) is 7.67. The van der Waals surface area contributed by atoms with Crippen molar-refractivity contribution in [1.29, 1.82) is 0 Å². The number of anilines is 1. The highest BCUT2D eigenvalue weighted by Gasteiger charge is 2.45. The first kappa shape index (κ1) is 25.0. The van der Waals surface area contributed by atoms with Crippen LogP contribution in [-0.2, 0) is 0 Å². The van der Waals surface area contributed by atoms with Crippen LogP contribution in [0, 0.1) is 5.82 Å². The van der Waals surface area contributed by atoms with Crippen molar-refractivity contribution in [2.24, 2.45) is 0 Å². The molecule has 7 rings (SSSR count). The minimum atomic E-state index is -0.345. The highest BCUT2D eigenvalue weighted by atomic mass is 19.1. The number of carbonyl (C=O) groups is 2.